The Bertz CT molecular complexity index is 633. The summed E-state index contributed by atoms with van der Waals surface area (Å²) < 4.78 is 4.73. The van der Waals surface area contributed by atoms with E-state index in [1.807, 2.05) is 32.0 Å². The van der Waals surface area contributed by atoms with Crippen LogP contribution in [0.25, 0.3) is 0 Å². The topological polar surface area (TPSA) is 63.7 Å². The lowest BCUT2D eigenvalue weighted by molar-refractivity contribution is -0.139. The van der Waals surface area contributed by atoms with Gasteiger partial charge in [-0.05, 0) is 37.8 Å². The summed E-state index contributed by atoms with van der Waals surface area (Å²) >= 11 is 1.07. The van der Waals surface area contributed by atoms with Crippen molar-refractivity contribution < 1.29 is 19.1 Å². The van der Waals surface area contributed by atoms with Crippen LogP contribution in [-0.2, 0) is 19.1 Å². The molecule has 0 N–H and O–H groups in total. The van der Waals surface area contributed by atoms with Crippen LogP contribution in [0.5, 0.6) is 0 Å². The zero-order chi connectivity index (χ0) is 18.4. The molecule has 0 aliphatic heterocycles. The maximum Gasteiger partial charge on any atom is 0.325 e. The molecule has 1 amide bonds. The molecule has 0 radical (unpaired) electrons. The highest BCUT2D eigenvalue weighted by Crippen LogP contribution is 2.30. The average Bonchev–Trinajstić information content (AvgIpc) is 3.12. The molecule has 0 unspecified atom stereocenters. The van der Waals surface area contributed by atoms with E-state index in [9.17, 15) is 14.4 Å². The summed E-state index contributed by atoms with van der Waals surface area (Å²) in [7, 11) is 1.30. The zero-order valence-electron chi connectivity index (χ0n) is 15.0. The van der Waals surface area contributed by atoms with Crippen LogP contribution in [0.2, 0.25) is 0 Å². The lowest BCUT2D eigenvalue weighted by Crippen LogP contribution is -2.38. The molecule has 1 aliphatic carbocycles. The standard InChI is InChI=1S/C19H25NO4S/c1-13-7-6-8-14(2)18(13)20(11-17(22)24-3)16(21)12-25-19(23)15-9-4-5-10-15/h6-8,15H,4-5,9-12H2,1-3H3. The number of esters is 1. The fourth-order valence-electron chi connectivity index (χ4n) is 3.21. The van der Waals surface area contributed by atoms with Crippen LogP contribution in [0, 0.1) is 19.8 Å². The number of carbonyl (C=O) groups is 3. The van der Waals surface area contributed by atoms with Gasteiger partial charge in [0.15, 0.2) is 5.12 Å². The second-order valence-corrected chi connectivity index (χ2v) is 7.37. The van der Waals surface area contributed by atoms with E-state index in [0.717, 1.165) is 48.6 Å². The van der Waals surface area contributed by atoms with Gasteiger partial charge < -0.3 is 4.74 Å². The van der Waals surface area contributed by atoms with E-state index in [1.165, 1.54) is 12.0 Å². The summed E-state index contributed by atoms with van der Waals surface area (Å²) in [5, 5.41) is 0.0883. The molecule has 1 saturated carbocycles. The van der Waals surface area contributed by atoms with Gasteiger partial charge in [-0.3, -0.25) is 19.3 Å². The first-order chi connectivity index (χ1) is 11.9. The largest absolute Gasteiger partial charge is 0.468 e. The third kappa shape index (κ3) is 5.08. The Kier molecular flexibility index (Phi) is 7.05. The van der Waals surface area contributed by atoms with Crippen LogP contribution in [-0.4, -0.2) is 36.4 Å². The van der Waals surface area contributed by atoms with E-state index in [2.05, 4.69) is 0 Å². The number of carbonyl (C=O) groups excluding carboxylic acids is 3. The SMILES string of the molecule is COC(=O)CN(C(=O)CSC(=O)C1CCCC1)c1c(C)cccc1C. The predicted octanol–water partition coefficient (Wildman–Crippen LogP) is 3.26. The van der Waals surface area contributed by atoms with E-state index in [-0.39, 0.29) is 29.2 Å². The summed E-state index contributed by atoms with van der Waals surface area (Å²) in [4.78, 5) is 38.2. The average molecular weight is 363 g/mol. The Labute approximate surface area is 153 Å². The molecule has 1 fully saturated rings. The van der Waals surface area contributed by atoms with E-state index >= 15 is 0 Å². The number of rotatable bonds is 6. The molecule has 5 nitrogen and oxygen atoms in total. The molecule has 0 heterocycles. The van der Waals surface area contributed by atoms with Gasteiger partial charge in [0, 0.05) is 5.92 Å². The minimum Gasteiger partial charge on any atom is -0.468 e. The number of amides is 1. The van der Waals surface area contributed by atoms with Gasteiger partial charge in [0.2, 0.25) is 5.91 Å². The Hall–Kier alpha value is -1.82. The first kappa shape index (κ1) is 19.5. The van der Waals surface area contributed by atoms with Gasteiger partial charge in [0.05, 0.1) is 18.6 Å². The van der Waals surface area contributed by atoms with Crippen LogP contribution >= 0.6 is 11.8 Å². The van der Waals surface area contributed by atoms with Gasteiger partial charge in [-0.15, -0.1) is 0 Å². The molecule has 6 heteroatoms. The number of ether oxygens (including phenoxy) is 1. The molecular formula is C19H25NO4S. The quantitative estimate of drug-likeness (QED) is 0.726. The predicted molar refractivity (Wildman–Crippen MR) is 99.7 cm³/mol. The summed E-state index contributed by atoms with van der Waals surface area (Å²) in [6.07, 6.45) is 4.01. The Balaban J connectivity index is 2.12. The van der Waals surface area contributed by atoms with E-state index in [4.69, 9.17) is 4.74 Å². The molecule has 25 heavy (non-hydrogen) atoms. The molecule has 0 bridgehead atoms. The number of nitrogens with zero attached hydrogens (tertiary/aromatic N) is 1. The molecule has 0 spiro atoms. The molecule has 1 aromatic rings. The van der Waals surface area contributed by atoms with Crippen LogP contribution in [0.4, 0.5) is 5.69 Å². The summed E-state index contributed by atoms with van der Waals surface area (Å²) in [6, 6.07) is 5.71. The number of benzene rings is 1. The number of thioether (sulfide) groups is 1. The van der Waals surface area contributed by atoms with E-state index < -0.39 is 5.97 Å². The number of methoxy groups -OCH3 is 1. The van der Waals surface area contributed by atoms with Crippen LogP contribution in [0.15, 0.2) is 18.2 Å². The summed E-state index contributed by atoms with van der Waals surface area (Å²) in [5.74, 6) is -0.616. The number of aryl methyl sites for hydroxylation is 2. The number of hydrogen-bond donors (Lipinski definition) is 0. The van der Waals surface area contributed by atoms with Crippen molar-refractivity contribution in [3.8, 4) is 0 Å². The van der Waals surface area contributed by atoms with Gasteiger partial charge in [0.25, 0.3) is 0 Å². The lowest BCUT2D eigenvalue weighted by Gasteiger charge is -2.25. The zero-order valence-corrected chi connectivity index (χ0v) is 15.9. The van der Waals surface area contributed by atoms with Crippen molar-refractivity contribution in [2.75, 3.05) is 24.3 Å². The second kappa shape index (κ2) is 9.04. The van der Waals surface area contributed by atoms with Crippen LogP contribution in [0.3, 0.4) is 0 Å². The monoisotopic (exact) mass is 363 g/mol. The van der Waals surface area contributed by atoms with E-state index in [1.54, 1.807) is 0 Å². The fourth-order valence-corrected chi connectivity index (χ4v) is 4.10. The first-order valence-corrected chi connectivity index (χ1v) is 9.52. The molecule has 136 valence electrons. The maximum absolute atomic E-state index is 12.8. The second-order valence-electron chi connectivity index (χ2n) is 6.39. The minimum absolute atomic E-state index is 0.0418. The van der Waals surface area contributed by atoms with Crippen molar-refractivity contribution in [3.05, 3.63) is 29.3 Å². The fraction of sp³-hybridized carbons (Fsp3) is 0.526. The van der Waals surface area contributed by atoms with Crippen molar-refractivity contribution in [1.82, 2.24) is 0 Å². The highest BCUT2D eigenvalue weighted by atomic mass is 32.2. The van der Waals surface area contributed by atoms with Crippen molar-refractivity contribution in [2.24, 2.45) is 5.92 Å². The highest BCUT2D eigenvalue weighted by molar-refractivity contribution is 8.14. The van der Waals surface area contributed by atoms with Crippen molar-refractivity contribution in [1.29, 1.82) is 0 Å². The third-order valence-electron chi connectivity index (χ3n) is 4.55. The van der Waals surface area contributed by atoms with Gasteiger partial charge in [-0.25, -0.2) is 0 Å². The molecule has 0 aromatic heterocycles. The number of para-hydroxylation sites is 1. The number of anilines is 1. The Morgan fingerprint density at radius 1 is 1.16 bits per heavy atom. The highest BCUT2D eigenvalue weighted by Gasteiger charge is 2.27. The maximum atomic E-state index is 12.8. The van der Waals surface area contributed by atoms with Gasteiger partial charge in [-0.1, -0.05) is 42.8 Å². The first-order valence-electron chi connectivity index (χ1n) is 8.54. The van der Waals surface area contributed by atoms with Crippen LogP contribution < -0.4 is 4.90 Å². The smallest absolute Gasteiger partial charge is 0.325 e. The Morgan fingerprint density at radius 3 is 2.32 bits per heavy atom. The summed E-state index contributed by atoms with van der Waals surface area (Å²) in [5.41, 5.74) is 2.53. The van der Waals surface area contributed by atoms with Gasteiger partial charge >= 0.3 is 5.97 Å². The number of hydrogen-bond acceptors (Lipinski definition) is 5. The van der Waals surface area contributed by atoms with Crippen molar-refractivity contribution >= 4 is 34.4 Å². The van der Waals surface area contributed by atoms with Crippen molar-refractivity contribution in [2.45, 2.75) is 39.5 Å². The third-order valence-corrected chi connectivity index (χ3v) is 5.56. The normalized spacial score (nSPS) is 14.4. The van der Waals surface area contributed by atoms with E-state index in [0.29, 0.717) is 5.69 Å². The molecule has 0 saturated heterocycles. The Morgan fingerprint density at radius 2 is 1.76 bits per heavy atom. The minimum atomic E-state index is -0.483. The molecule has 0 atom stereocenters. The summed E-state index contributed by atoms with van der Waals surface area (Å²) in [6.45, 7) is 3.65. The van der Waals surface area contributed by atoms with Crippen molar-refractivity contribution in [3.63, 3.8) is 0 Å². The van der Waals surface area contributed by atoms with Crippen LogP contribution in [0.1, 0.15) is 36.8 Å². The lowest BCUT2D eigenvalue weighted by atomic mass is 10.1. The molecular weight excluding hydrogens is 338 g/mol. The van der Waals surface area contributed by atoms with Gasteiger partial charge in [-0.2, -0.15) is 0 Å². The molecule has 2 rings (SSSR count). The molecule has 1 aromatic carbocycles. The molecule has 1 aliphatic rings. The van der Waals surface area contributed by atoms with Gasteiger partial charge in [0.1, 0.15) is 6.54 Å².